The van der Waals surface area contributed by atoms with Crippen LogP contribution in [0.2, 0.25) is 0 Å². The fraction of sp³-hybridized carbons (Fsp3) is 0.900. The normalized spacial score (nSPS) is 20.5. The molecule has 1 unspecified atom stereocenters. The summed E-state index contributed by atoms with van der Waals surface area (Å²) < 4.78 is 5.36. The van der Waals surface area contributed by atoms with Crippen LogP contribution in [0.1, 0.15) is 33.1 Å². The third-order valence-electron chi connectivity index (χ3n) is 2.50. The van der Waals surface area contributed by atoms with Crippen LogP contribution in [0.5, 0.6) is 0 Å². The van der Waals surface area contributed by atoms with Crippen LogP contribution in [0, 0.1) is 5.41 Å². The average molecular weight is 184 g/mol. The quantitative estimate of drug-likeness (QED) is 0.724. The van der Waals surface area contributed by atoms with Gasteiger partial charge in [0.25, 0.3) is 0 Å². The molecule has 1 aliphatic heterocycles. The van der Waals surface area contributed by atoms with Gasteiger partial charge in [-0.05, 0) is 26.7 Å². The van der Waals surface area contributed by atoms with Crippen molar-refractivity contribution in [1.82, 2.24) is 4.90 Å². The molecule has 13 heavy (non-hydrogen) atoms. The third-order valence-corrected chi connectivity index (χ3v) is 2.50. The lowest BCUT2D eigenvalue weighted by molar-refractivity contribution is 0.0963. The fourth-order valence-electron chi connectivity index (χ4n) is 1.72. The van der Waals surface area contributed by atoms with Crippen LogP contribution in [-0.2, 0) is 4.74 Å². The summed E-state index contributed by atoms with van der Waals surface area (Å²) in [5.74, 6) is 0.790. The first-order chi connectivity index (χ1) is 6.25. The second kappa shape index (κ2) is 5.22. The van der Waals surface area contributed by atoms with Crippen LogP contribution in [0.15, 0.2) is 0 Å². The highest BCUT2D eigenvalue weighted by Gasteiger charge is 2.19. The molecule has 3 heteroatoms. The Morgan fingerprint density at radius 2 is 2.31 bits per heavy atom. The molecule has 3 nitrogen and oxygen atoms in total. The Hall–Kier alpha value is -0.570. The van der Waals surface area contributed by atoms with E-state index in [4.69, 9.17) is 10.1 Å². The molecule has 1 N–H and O–H groups in total. The van der Waals surface area contributed by atoms with E-state index in [-0.39, 0.29) is 0 Å². The van der Waals surface area contributed by atoms with Crippen molar-refractivity contribution < 1.29 is 4.74 Å². The van der Waals surface area contributed by atoms with Gasteiger partial charge in [0.2, 0.25) is 0 Å². The number of rotatable bonds is 4. The molecule has 1 rings (SSSR count). The predicted molar refractivity (Wildman–Crippen MR) is 54.2 cm³/mol. The standard InChI is InChI=1S/C10H20N2O/c1-3-13-8-9(2)12-7-5-4-6-10(12)11/h9,11H,3-8H2,1-2H3. The smallest absolute Gasteiger partial charge is 0.0960 e. The Bertz CT molecular complexity index is 170. The molecule has 0 aromatic rings. The monoisotopic (exact) mass is 184 g/mol. The second-order valence-electron chi connectivity index (χ2n) is 3.61. The molecule has 1 saturated heterocycles. The Kier molecular flexibility index (Phi) is 4.22. The summed E-state index contributed by atoms with van der Waals surface area (Å²) in [6.45, 7) is 6.70. The maximum atomic E-state index is 7.78. The first kappa shape index (κ1) is 10.5. The number of hydrogen-bond donors (Lipinski definition) is 1. The number of piperidine rings is 1. The van der Waals surface area contributed by atoms with Crippen molar-refractivity contribution in [1.29, 1.82) is 5.41 Å². The van der Waals surface area contributed by atoms with E-state index in [1.54, 1.807) is 0 Å². The van der Waals surface area contributed by atoms with E-state index in [0.717, 1.165) is 32.0 Å². The minimum Gasteiger partial charge on any atom is -0.380 e. The Morgan fingerprint density at radius 3 is 2.92 bits per heavy atom. The molecule has 0 aliphatic carbocycles. The van der Waals surface area contributed by atoms with Crippen LogP contribution < -0.4 is 0 Å². The molecule has 0 aromatic heterocycles. The Morgan fingerprint density at radius 1 is 1.54 bits per heavy atom. The summed E-state index contributed by atoms with van der Waals surface area (Å²) >= 11 is 0. The van der Waals surface area contributed by atoms with Crippen molar-refractivity contribution in [3.63, 3.8) is 0 Å². The van der Waals surface area contributed by atoms with E-state index in [2.05, 4.69) is 11.8 Å². The molecule has 1 heterocycles. The largest absolute Gasteiger partial charge is 0.380 e. The minimum atomic E-state index is 0.368. The number of likely N-dealkylation sites (tertiary alicyclic amines) is 1. The van der Waals surface area contributed by atoms with Crippen molar-refractivity contribution in [2.45, 2.75) is 39.2 Å². The summed E-state index contributed by atoms with van der Waals surface area (Å²) in [5.41, 5.74) is 0. The SMILES string of the molecule is CCOCC(C)N1CCCCC1=N. The molecule has 0 saturated carbocycles. The van der Waals surface area contributed by atoms with Gasteiger partial charge < -0.3 is 9.64 Å². The second-order valence-corrected chi connectivity index (χ2v) is 3.61. The Balaban J connectivity index is 2.34. The van der Waals surface area contributed by atoms with E-state index < -0.39 is 0 Å². The lowest BCUT2D eigenvalue weighted by atomic mass is 10.1. The predicted octanol–water partition coefficient (Wildman–Crippen LogP) is 1.87. The number of hydrogen-bond acceptors (Lipinski definition) is 2. The summed E-state index contributed by atoms with van der Waals surface area (Å²) in [5, 5.41) is 7.78. The van der Waals surface area contributed by atoms with Gasteiger partial charge in [-0.15, -0.1) is 0 Å². The number of nitrogens with one attached hydrogen (secondary N) is 1. The van der Waals surface area contributed by atoms with Gasteiger partial charge in [0.05, 0.1) is 18.5 Å². The minimum absolute atomic E-state index is 0.368. The highest BCUT2D eigenvalue weighted by molar-refractivity contribution is 5.80. The lowest BCUT2D eigenvalue weighted by Gasteiger charge is -2.34. The van der Waals surface area contributed by atoms with E-state index >= 15 is 0 Å². The lowest BCUT2D eigenvalue weighted by Crippen LogP contribution is -2.43. The van der Waals surface area contributed by atoms with Gasteiger partial charge in [0.15, 0.2) is 0 Å². The van der Waals surface area contributed by atoms with E-state index in [1.807, 2.05) is 6.92 Å². The molecular weight excluding hydrogens is 164 g/mol. The molecule has 1 aliphatic rings. The van der Waals surface area contributed by atoms with Gasteiger partial charge in [0, 0.05) is 19.6 Å². The maximum absolute atomic E-state index is 7.78. The van der Waals surface area contributed by atoms with Crippen molar-refractivity contribution in [3.8, 4) is 0 Å². The first-order valence-electron chi connectivity index (χ1n) is 5.17. The van der Waals surface area contributed by atoms with Gasteiger partial charge in [0.1, 0.15) is 0 Å². The molecule has 0 amide bonds. The summed E-state index contributed by atoms with van der Waals surface area (Å²) in [6, 6.07) is 0.368. The van der Waals surface area contributed by atoms with E-state index in [0.29, 0.717) is 6.04 Å². The molecule has 0 aromatic carbocycles. The van der Waals surface area contributed by atoms with Gasteiger partial charge >= 0.3 is 0 Å². The molecule has 0 spiro atoms. The third kappa shape index (κ3) is 2.99. The zero-order valence-electron chi connectivity index (χ0n) is 8.68. The molecule has 1 atom stereocenters. The topological polar surface area (TPSA) is 36.3 Å². The molecule has 0 radical (unpaired) electrons. The summed E-state index contributed by atoms with van der Waals surface area (Å²) in [6.07, 6.45) is 3.34. The number of amidine groups is 1. The van der Waals surface area contributed by atoms with Crippen molar-refractivity contribution in [3.05, 3.63) is 0 Å². The summed E-state index contributed by atoms with van der Waals surface area (Å²) in [4.78, 5) is 2.17. The van der Waals surface area contributed by atoms with Gasteiger partial charge in [-0.2, -0.15) is 0 Å². The highest BCUT2D eigenvalue weighted by atomic mass is 16.5. The number of ether oxygens (including phenoxy) is 1. The van der Waals surface area contributed by atoms with Crippen LogP contribution in [0.25, 0.3) is 0 Å². The average Bonchev–Trinajstić information content (AvgIpc) is 2.15. The van der Waals surface area contributed by atoms with Gasteiger partial charge in [-0.3, -0.25) is 5.41 Å². The van der Waals surface area contributed by atoms with Crippen molar-refractivity contribution in [2.75, 3.05) is 19.8 Å². The highest BCUT2D eigenvalue weighted by Crippen LogP contribution is 2.13. The van der Waals surface area contributed by atoms with E-state index in [1.165, 1.54) is 12.8 Å². The molecule has 1 fully saturated rings. The Labute approximate surface area is 80.6 Å². The summed E-state index contributed by atoms with van der Waals surface area (Å²) in [7, 11) is 0. The molecular formula is C10H20N2O. The van der Waals surface area contributed by atoms with E-state index in [9.17, 15) is 0 Å². The zero-order chi connectivity index (χ0) is 9.68. The van der Waals surface area contributed by atoms with Crippen LogP contribution >= 0.6 is 0 Å². The van der Waals surface area contributed by atoms with Crippen LogP contribution in [-0.4, -0.2) is 36.5 Å². The van der Waals surface area contributed by atoms with Crippen LogP contribution in [0.3, 0.4) is 0 Å². The van der Waals surface area contributed by atoms with Gasteiger partial charge in [-0.1, -0.05) is 0 Å². The van der Waals surface area contributed by atoms with Crippen LogP contribution in [0.4, 0.5) is 0 Å². The van der Waals surface area contributed by atoms with Gasteiger partial charge in [-0.25, -0.2) is 0 Å². The molecule has 76 valence electrons. The molecule has 0 bridgehead atoms. The number of nitrogens with zero attached hydrogens (tertiary/aromatic N) is 1. The van der Waals surface area contributed by atoms with Crippen molar-refractivity contribution >= 4 is 5.84 Å². The zero-order valence-corrected chi connectivity index (χ0v) is 8.68. The first-order valence-corrected chi connectivity index (χ1v) is 5.17. The van der Waals surface area contributed by atoms with Crippen molar-refractivity contribution in [2.24, 2.45) is 0 Å². The fourth-order valence-corrected chi connectivity index (χ4v) is 1.72. The maximum Gasteiger partial charge on any atom is 0.0960 e.